The molecule has 1 aliphatic heterocycles. The number of carbonyl (C=O) groups is 1. The number of hydrogen-bond acceptors (Lipinski definition) is 3. The van der Waals surface area contributed by atoms with Crippen molar-refractivity contribution in [2.45, 2.75) is 51.5 Å². The molecule has 1 atom stereocenters. The van der Waals surface area contributed by atoms with Gasteiger partial charge >= 0.3 is 0 Å². The van der Waals surface area contributed by atoms with Crippen molar-refractivity contribution in [3.05, 3.63) is 23.9 Å². The molecule has 0 radical (unpaired) electrons. The molecule has 2 heterocycles. The molecule has 3 rings (SSSR count). The highest BCUT2D eigenvalue weighted by atomic mass is 16.1. The fourth-order valence-electron chi connectivity index (χ4n) is 3.67. The molecule has 1 unspecified atom stereocenters. The van der Waals surface area contributed by atoms with Crippen LogP contribution < -0.4 is 4.90 Å². The average Bonchev–Trinajstić information content (AvgIpc) is 3.09. The van der Waals surface area contributed by atoms with Crippen LogP contribution in [0.5, 0.6) is 0 Å². The molecule has 1 saturated carbocycles. The normalized spacial score (nSPS) is 24.1. The number of carbonyl (C=O) groups excluding carboxylic acids is 1. The van der Waals surface area contributed by atoms with Gasteiger partial charge in [0.05, 0.1) is 0 Å². The third-order valence-electron chi connectivity index (χ3n) is 4.69. The predicted molar refractivity (Wildman–Crippen MR) is 76.6 cm³/mol. The molecule has 2 aliphatic rings. The Bertz CT molecular complexity index is 448. The molecule has 102 valence electrons. The van der Waals surface area contributed by atoms with Gasteiger partial charge in [-0.1, -0.05) is 12.8 Å². The molecule has 0 spiro atoms. The molecule has 1 aromatic heterocycles. The Balaban J connectivity index is 1.78. The quantitative estimate of drug-likeness (QED) is 0.779. The molecule has 3 nitrogen and oxygen atoms in total. The second-order valence-electron chi connectivity index (χ2n) is 5.91. The van der Waals surface area contributed by atoms with Crippen LogP contribution in [0, 0.1) is 5.92 Å². The monoisotopic (exact) mass is 258 g/mol. The van der Waals surface area contributed by atoms with Crippen LogP contribution >= 0.6 is 0 Å². The number of rotatable bonds is 3. The zero-order chi connectivity index (χ0) is 13.2. The van der Waals surface area contributed by atoms with Gasteiger partial charge in [0.25, 0.3) is 0 Å². The minimum absolute atomic E-state index is 0.0906. The number of nitrogens with zero attached hydrogens (tertiary/aromatic N) is 2. The summed E-state index contributed by atoms with van der Waals surface area (Å²) in [6.07, 6.45) is 9.86. The van der Waals surface area contributed by atoms with Gasteiger partial charge in [0.15, 0.2) is 5.78 Å². The summed E-state index contributed by atoms with van der Waals surface area (Å²) < 4.78 is 0. The Morgan fingerprint density at radius 2 is 2.00 bits per heavy atom. The van der Waals surface area contributed by atoms with Gasteiger partial charge in [-0.3, -0.25) is 4.79 Å². The second-order valence-corrected chi connectivity index (χ2v) is 5.91. The lowest BCUT2D eigenvalue weighted by atomic mass is 9.96. The van der Waals surface area contributed by atoms with Crippen molar-refractivity contribution < 1.29 is 4.79 Å². The first-order chi connectivity index (χ1) is 9.25. The van der Waals surface area contributed by atoms with Gasteiger partial charge in [-0.15, -0.1) is 0 Å². The Hall–Kier alpha value is -1.38. The van der Waals surface area contributed by atoms with Crippen molar-refractivity contribution in [3.8, 4) is 0 Å². The van der Waals surface area contributed by atoms with Gasteiger partial charge in [-0.2, -0.15) is 0 Å². The molecule has 0 N–H and O–H groups in total. The number of ketones is 1. The Morgan fingerprint density at radius 1 is 1.21 bits per heavy atom. The Labute approximate surface area is 115 Å². The van der Waals surface area contributed by atoms with Crippen LogP contribution in [0.15, 0.2) is 18.3 Å². The molecule has 1 aromatic rings. The summed E-state index contributed by atoms with van der Waals surface area (Å²) in [4.78, 5) is 18.3. The molecule has 3 heteroatoms. The second kappa shape index (κ2) is 5.32. The molecular weight excluding hydrogens is 236 g/mol. The SMILES string of the molecule is CC(=O)c1ccc(N2CCCC2C2CCCC2)nc1. The predicted octanol–water partition coefficient (Wildman–Crippen LogP) is 3.44. The fourth-order valence-corrected chi connectivity index (χ4v) is 3.67. The largest absolute Gasteiger partial charge is 0.353 e. The summed E-state index contributed by atoms with van der Waals surface area (Å²) in [5.74, 6) is 2.00. The maximum atomic E-state index is 11.3. The van der Waals surface area contributed by atoms with E-state index in [0.29, 0.717) is 11.6 Å². The van der Waals surface area contributed by atoms with Crippen LogP contribution in [-0.2, 0) is 0 Å². The van der Waals surface area contributed by atoms with Crippen molar-refractivity contribution in [3.63, 3.8) is 0 Å². The van der Waals surface area contributed by atoms with E-state index < -0.39 is 0 Å². The topological polar surface area (TPSA) is 33.2 Å². The van der Waals surface area contributed by atoms with Gasteiger partial charge in [0, 0.05) is 24.3 Å². The van der Waals surface area contributed by atoms with Crippen LogP contribution in [0.1, 0.15) is 55.8 Å². The number of Topliss-reactive ketones (excluding diaryl/α,β-unsaturated/α-hetero) is 1. The summed E-state index contributed by atoms with van der Waals surface area (Å²) in [7, 11) is 0. The molecular formula is C16H22N2O. The molecule has 0 amide bonds. The minimum atomic E-state index is 0.0906. The van der Waals surface area contributed by atoms with Gasteiger partial charge < -0.3 is 4.90 Å². The third kappa shape index (κ3) is 2.51. The van der Waals surface area contributed by atoms with Gasteiger partial charge in [-0.25, -0.2) is 4.98 Å². The molecule has 0 aromatic carbocycles. The first-order valence-electron chi connectivity index (χ1n) is 7.49. The van der Waals surface area contributed by atoms with E-state index in [0.717, 1.165) is 18.3 Å². The minimum Gasteiger partial charge on any atom is -0.353 e. The summed E-state index contributed by atoms with van der Waals surface area (Å²) in [6, 6.07) is 4.61. The number of pyridine rings is 1. The summed E-state index contributed by atoms with van der Waals surface area (Å²) in [5, 5.41) is 0. The highest BCUT2D eigenvalue weighted by Gasteiger charge is 2.33. The van der Waals surface area contributed by atoms with Crippen molar-refractivity contribution in [2.24, 2.45) is 5.92 Å². The van der Waals surface area contributed by atoms with E-state index in [1.165, 1.54) is 38.5 Å². The lowest BCUT2D eigenvalue weighted by Gasteiger charge is -2.30. The number of hydrogen-bond donors (Lipinski definition) is 0. The molecule has 1 saturated heterocycles. The van der Waals surface area contributed by atoms with Crippen LogP contribution in [0.2, 0.25) is 0 Å². The highest BCUT2D eigenvalue weighted by molar-refractivity contribution is 5.93. The van der Waals surface area contributed by atoms with E-state index in [4.69, 9.17) is 0 Å². The van der Waals surface area contributed by atoms with E-state index in [-0.39, 0.29) is 5.78 Å². The van der Waals surface area contributed by atoms with Crippen LogP contribution in [-0.4, -0.2) is 23.4 Å². The van der Waals surface area contributed by atoms with Crippen molar-refractivity contribution in [1.29, 1.82) is 0 Å². The van der Waals surface area contributed by atoms with Crippen LogP contribution in [0.4, 0.5) is 5.82 Å². The van der Waals surface area contributed by atoms with E-state index in [1.54, 1.807) is 13.1 Å². The molecule has 2 fully saturated rings. The third-order valence-corrected chi connectivity index (χ3v) is 4.69. The maximum absolute atomic E-state index is 11.3. The van der Waals surface area contributed by atoms with Crippen molar-refractivity contribution in [2.75, 3.05) is 11.4 Å². The zero-order valence-corrected chi connectivity index (χ0v) is 11.6. The van der Waals surface area contributed by atoms with Crippen LogP contribution in [0.3, 0.4) is 0 Å². The zero-order valence-electron chi connectivity index (χ0n) is 11.6. The standard InChI is InChI=1S/C16H22N2O/c1-12(19)14-8-9-16(17-11-14)18-10-4-7-15(18)13-5-2-3-6-13/h8-9,11,13,15H,2-7,10H2,1H3. The summed E-state index contributed by atoms with van der Waals surface area (Å²) in [6.45, 7) is 2.71. The van der Waals surface area contributed by atoms with Crippen molar-refractivity contribution >= 4 is 11.6 Å². The number of aromatic nitrogens is 1. The molecule has 0 bridgehead atoms. The van der Waals surface area contributed by atoms with E-state index in [9.17, 15) is 4.79 Å². The smallest absolute Gasteiger partial charge is 0.161 e. The molecule has 19 heavy (non-hydrogen) atoms. The van der Waals surface area contributed by atoms with Crippen LogP contribution in [0.25, 0.3) is 0 Å². The number of anilines is 1. The first-order valence-corrected chi connectivity index (χ1v) is 7.49. The Kier molecular flexibility index (Phi) is 3.54. The highest BCUT2D eigenvalue weighted by Crippen LogP contribution is 2.37. The van der Waals surface area contributed by atoms with Gasteiger partial charge in [0.1, 0.15) is 5.82 Å². The van der Waals surface area contributed by atoms with Gasteiger partial charge in [-0.05, 0) is 50.7 Å². The van der Waals surface area contributed by atoms with Crippen molar-refractivity contribution in [1.82, 2.24) is 4.98 Å². The lowest BCUT2D eigenvalue weighted by molar-refractivity contribution is 0.101. The van der Waals surface area contributed by atoms with E-state index in [1.807, 2.05) is 12.1 Å². The summed E-state index contributed by atoms with van der Waals surface area (Å²) in [5.41, 5.74) is 0.709. The van der Waals surface area contributed by atoms with E-state index >= 15 is 0 Å². The molecule has 1 aliphatic carbocycles. The average molecular weight is 258 g/mol. The lowest BCUT2D eigenvalue weighted by Crippen LogP contribution is -2.35. The van der Waals surface area contributed by atoms with E-state index in [2.05, 4.69) is 9.88 Å². The first kappa shape index (κ1) is 12.6. The fraction of sp³-hybridized carbons (Fsp3) is 0.625. The maximum Gasteiger partial charge on any atom is 0.161 e. The van der Waals surface area contributed by atoms with Gasteiger partial charge in [0.2, 0.25) is 0 Å². The summed E-state index contributed by atoms with van der Waals surface area (Å²) >= 11 is 0. The Morgan fingerprint density at radius 3 is 2.63 bits per heavy atom.